The van der Waals surface area contributed by atoms with Crippen LogP contribution in [0.3, 0.4) is 0 Å². The predicted molar refractivity (Wildman–Crippen MR) is 73.7 cm³/mol. The number of hydrogen-bond acceptors (Lipinski definition) is 5. The first kappa shape index (κ1) is 15.3. The van der Waals surface area contributed by atoms with E-state index in [2.05, 4.69) is 5.32 Å². The van der Waals surface area contributed by atoms with Crippen LogP contribution in [0.5, 0.6) is 5.75 Å². The van der Waals surface area contributed by atoms with E-state index in [4.69, 9.17) is 10.5 Å². The van der Waals surface area contributed by atoms with Crippen LogP contribution >= 0.6 is 0 Å². The lowest BCUT2D eigenvalue weighted by atomic mass is 10.3. The maximum absolute atomic E-state index is 11.4. The molecule has 6 nitrogen and oxygen atoms in total. The number of hydrogen-bond donors (Lipinski definition) is 2. The van der Waals surface area contributed by atoms with E-state index in [0.29, 0.717) is 11.4 Å². The van der Waals surface area contributed by atoms with Gasteiger partial charge in [0.25, 0.3) is 0 Å². The van der Waals surface area contributed by atoms with Gasteiger partial charge in [0.15, 0.2) is 0 Å². The molecule has 0 fully saturated rings. The van der Waals surface area contributed by atoms with Crippen molar-refractivity contribution in [3.8, 4) is 5.75 Å². The minimum absolute atomic E-state index is 0.0607. The van der Waals surface area contributed by atoms with Gasteiger partial charge in [-0.3, -0.25) is 4.79 Å². The van der Waals surface area contributed by atoms with Crippen LogP contribution in [0.15, 0.2) is 24.3 Å². The van der Waals surface area contributed by atoms with Gasteiger partial charge in [-0.25, -0.2) is 8.42 Å². The molecule has 106 valence electrons. The quantitative estimate of drug-likeness (QED) is 0.698. The highest BCUT2D eigenvalue weighted by molar-refractivity contribution is 7.90. The number of nitrogens with two attached hydrogens (primary N) is 1. The molecule has 0 aliphatic rings. The fourth-order valence-electron chi connectivity index (χ4n) is 1.33. The third-order valence-corrected chi connectivity index (χ3v) is 3.20. The van der Waals surface area contributed by atoms with Crippen LogP contribution in [0, 0.1) is 0 Å². The summed E-state index contributed by atoms with van der Waals surface area (Å²) >= 11 is 0. The van der Waals surface area contributed by atoms with Crippen molar-refractivity contribution in [2.75, 3.05) is 30.9 Å². The maximum atomic E-state index is 11.4. The molecule has 0 saturated heterocycles. The zero-order valence-corrected chi connectivity index (χ0v) is 11.6. The second-order valence-electron chi connectivity index (χ2n) is 4.15. The Balaban J connectivity index is 2.20. The van der Waals surface area contributed by atoms with Gasteiger partial charge in [-0.05, 0) is 12.1 Å². The Morgan fingerprint density at radius 3 is 2.79 bits per heavy atom. The Labute approximate surface area is 112 Å². The molecule has 0 unspecified atom stereocenters. The summed E-state index contributed by atoms with van der Waals surface area (Å²) in [5, 5.41) is 2.51. The molecule has 0 spiro atoms. The standard InChI is InChI=1S/C12H18N2O4S/c1-19(16,17)8-6-14-12(15)5-7-18-11-4-2-3-10(13)9-11/h2-4,9H,5-8,13H2,1H3,(H,14,15). The number of anilines is 1. The van der Waals surface area contributed by atoms with Gasteiger partial charge in [0.2, 0.25) is 5.91 Å². The molecule has 0 radical (unpaired) electrons. The lowest BCUT2D eigenvalue weighted by molar-refractivity contribution is -0.121. The van der Waals surface area contributed by atoms with E-state index in [-0.39, 0.29) is 31.2 Å². The Morgan fingerprint density at radius 1 is 1.42 bits per heavy atom. The third-order valence-electron chi connectivity index (χ3n) is 2.25. The van der Waals surface area contributed by atoms with E-state index in [1.807, 2.05) is 0 Å². The highest BCUT2D eigenvalue weighted by Crippen LogP contribution is 2.14. The maximum Gasteiger partial charge on any atom is 0.223 e. The Bertz CT molecular complexity index is 528. The fraction of sp³-hybridized carbons (Fsp3) is 0.417. The zero-order chi connectivity index (χ0) is 14.3. The number of nitrogen functional groups attached to an aromatic ring is 1. The van der Waals surface area contributed by atoms with Crippen molar-refractivity contribution in [1.29, 1.82) is 0 Å². The second kappa shape index (κ2) is 6.98. The van der Waals surface area contributed by atoms with Gasteiger partial charge in [-0.2, -0.15) is 0 Å². The molecule has 0 aromatic heterocycles. The van der Waals surface area contributed by atoms with Gasteiger partial charge in [0.05, 0.1) is 18.8 Å². The topological polar surface area (TPSA) is 98.5 Å². The number of rotatable bonds is 7. The summed E-state index contributed by atoms with van der Waals surface area (Å²) in [7, 11) is -3.05. The zero-order valence-electron chi connectivity index (χ0n) is 10.8. The van der Waals surface area contributed by atoms with Gasteiger partial charge in [-0.1, -0.05) is 6.07 Å². The van der Waals surface area contributed by atoms with Crippen molar-refractivity contribution in [2.24, 2.45) is 0 Å². The van der Waals surface area contributed by atoms with Gasteiger partial charge in [0.1, 0.15) is 15.6 Å². The summed E-state index contributed by atoms with van der Waals surface area (Å²) in [6.07, 6.45) is 1.29. The van der Waals surface area contributed by atoms with Crippen molar-refractivity contribution < 1.29 is 17.9 Å². The van der Waals surface area contributed by atoms with Crippen LogP contribution < -0.4 is 15.8 Å². The smallest absolute Gasteiger partial charge is 0.223 e. The lowest BCUT2D eigenvalue weighted by Gasteiger charge is -2.07. The molecule has 3 N–H and O–H groups in total. The third kappa shape index (κ3) is 7.30. The predicted octanol–water partition coefficient (Wildman–Crippen LogP) is 0.199. The summed E-state index contributed by atoms with van der Waals surface area (Å²) in [6.45, 7) is 0.337. The van der Waals surface area contributed by atoms with Crippen molar-refractivity contribution in [2.45, 2.75) is 6.42 Å². The first-order valence-corrected chi connectivity index (χ1v) is 7.85. The molecule has 0 heterocycles. The van der Waals surface area contributed by atoms with Gasteiger partial charge < -0.3 is 15.8 Å². The molecule has 1 amide bonds. The van der Waals surface area contributed by atoms with Crippen molar-refractivity contribution in [3.63, 3.8) is 0 Å². The van der Waals surface area contributed by atoms with E-state index >= 15 is 0 Å². The second-order valence-corrected chi connectivity index (χ2v) is 6.41. The van der Waals surface area contributed by atoms with Crippen LogP contribution in [-0.4, -0.2) is 39.5 Å². The average molecular weight is 286 g/mol. The number of ether oxygens (including phenoxy) is 1. The van der Waals surface area contributed by atoms with Crippen LogP contribution in [0.25, 0.3) is 0 Å². The minimum Gasteiger partial charge on any atom is -0.493 e. The number of benzene rings is 1. The normalized spacial score (nSPS) is 11.0. The minimum atomic E-state index is -3.05. The lowest BCUT2D eigenvalue weighted by Crippen LogP contribution is -2.29. The number of carbonyl (C=O) groups excluding carboxylic acids is 1. The van der Waals surface area contributed by atoms with Gasteiger partial charge >= 0.3 is 0 Å². The molecule has 1 rings (SSSR count). The molecule has 1 aromatic carbocycles. The summed E-state index contributed by atoms with van der Waals surface area (Å²) in [5.41, 5.74) is 6.17. The first-order chi connectivity index (χ1) is 8.87. The molecule has 0 saturated carbocycles. The van der Waals surface area contributed by atoms with Crippen LogP contribution in [-0.2, 0) is 14.6 Å². The van der Waals surface area contributed by atoms with Gasteiger partial charge in [0, 0.05) is 24.6 Å². The Kier molecular flexibility index (Phi) is 5.62. The van der Waals surface area contributed by atoms with Crippen molar-refractivity contribution in [1.82, 2.24) is 5.32 Å². The van der Waals surface area contributed by atoms with E-state index in [1.54, 1.807) is 24.3 Å². The summed E-state index contributed by atoms with van der Waals surface area (Å²) in [6, 6.07) is 6.92. The SMILES string of the molecule is CS(=O)(=O)CCNC(=O)CCOc1cccc(N)c1. The van der Waals surface area contributed by atoms with Crippen molar-refractivity contribution >= 4 is 21.4 Å². The highest BCUT2D eigenvalue weighted by Gasteiger charge is 2.05. The largest absolute Gasteiger partial charge is 0.493 e. The van der Waals surface area contributed by atoms with E-state index in [0.717, 1.165) is 6.26 Å². The number of nitrogens with one attached hydrogen (secondary N) is 1. The molecule has 1 aromatic rings. The molecule has 0 bridgehead atoms. The molecular weight excluding hydrogens is 268 g/mol. The molecule has 0 atom stereocenters. The van der Waals surface area contributed by atoms with E-state index in [1.165, 1.54) is 0 Å². The van der Waals surface area contributed by atoms with E-state index in [9.17, 15) is 13.2 Å². The summed E-state index contributed by atoms with van der Waals surface area (Å²) in [5.74, 6) is 0.297. The molecule has 7 heteroatoms. The van der Waals surface area contributed by atoms with Gasteiger partial charge in [-0.15, -0.1) is 0 Å². The van der Waals surface area contributed by atoms with Crippen molar-refractivity contribution in [3.05, 3.63) is 24.3 Å². The number of amides is 1. The first-order valence-electron chi connectivity index (χ1n) is 5.79. The molecule has 0 aliphatic carbocycles. The fourth-order valence-corrected chi connectivity index (χ4v) is 1.80. The summed E-state index contributed by atoms with van der Waals surface area (Å²) < 4.78 is 27.1. The number of carbonyl (C=O) groups is 1. The highest BCUT2D eigenvalue weighted by atomic mass is 32.2. The molecular formula is C12H18N2O4S. The number of sulfone groups is 1. The van der Waals surface area contributed by atoms with Crippen LogP contribution in [0.1, 0.15) is 6.42 Å². The Hall–Kier alpha value is -1.76. The average Bonchev–Trinajstić information content (AvgIpc) is 2.27. The molecule has 0 aliphatic heterocycles. The van der Waals surface area contributed by atoms with E-state index < -0.39 is 9.84 Å². The van der Waals surface area contributed by atoms with Crippen LogP contribution in [0.4, 0.5) is 5.69 Å². The Morgan fingerprint density at radius 2 is 2.16 bits per heavy atom. The van der Waals surface area contributed by atoms with Crippen LogP contribution in [0.2, 0.25) is 0 Å². The molecule has 19 heavy (non-hydrogen) atoms. The monoisotopic (exact) mass is 286 g/mol. The summed E-state index contributed by atoms with van der Waals surface area (Å²) in [4.78, 5) is 11.4.